The predicted molar refractivity (Wildman–Crippen MR) is 180 cm³/mol. The second-order valence-electron chi connectivity index (χ2n) is 14.1. The third kappa shape index (κ3) is 7.87. The minimum absolute atomic E-state index is 0.0102. The van der Waals surface area contributed by atoms with Gasteiger partial charge in [-0.3, -0.25) is 0 Å². The lowest BCUT2D eigenvalue weighted by atomic mass is 9.62. The zero-order chi connectivity index (χ0) is 32.4. The van der Waals surface area contributed by atoms with Crippen LogP contribution in [-0.4, -0.2) is 63.2 Å². The van der Waals surface area contributed by atoms with Crippen molar-refractivity contribution in [1.82, 2.24) is 14.9 Å². The smallest absolute Gasteiger partial charge is 0.264 e. The number of benzene rings is 2. The second kappa shape index (κ2) is 13.8. The number of likely N-dealkylation sites (N-methyl/N-ethyl adjacent to an activating group) is 1. The van der Waals surface area contributed by atoms with Crippen molar-refractivity contribution >= 4 is 16.0 Å². The molecule has 8 nitrogen and oxygen atoms in total. The van der Waals surface area contributed by atoms with E-state index in [4.69, 9.17) is 9.47 Å². The third-order valence-electron chi connectivity index (χ3n) is 9.84. The van der Waals surface area contributed by atoms with Crippen molar-refractivity contribution in [3.63, 3.8) is 0 Å². The summed E-state index contributed by atoms with van der Waals surface area (Å²) in [4.78, 5) is 11.8. The van der Waals surface area contributed by atoms with Crippen LogP contribution in [0.25, 0.3) is 11.3 Å². The number of fused-ring (bicyclic) bond motifs is 4. The van der Waals surface area contributed by atoms with Crippen molar-refractivity contribution in [3.8, 4) is 17.1 Å². The molecule has 1 aliphatic carbocycles. The van der Waals surface area contributed by atoms with Gasteiger partial charge in [0.05, 0.1) is 23.8 Å². The average molecular weight is 635 g/mol. The Morgan fingerprint density at radius 1 is 1.09 bits per heavy atom. The van der Waals surface area contributed by atoms with E-state index in [9.17, 15) is 8.42 Å². The van der Waals surface area contributed by atoms with Crippen molar-refractivity contribution < 1.29 is 17.9 Å². The SMILES string of the molecule is COCCN(C)C1CC(C)(CCC2c3cccc(c3)S(=O)(=O)Nc3nc(cc(-c4c(C)cccc4C)n3)OC[C@H]2CC(C)C)C1. The normalized spacial score (nSPS) is 24.2. The van der Waals surface area contributed by atoms with Crippen LogP contribution in [0, 0.1) is 31.1 Å². The summed E-state index contributed by atoms with van der Waals surface area (Å²) in [7, 11) is 0.00618. The van der Waals surface area contributed by atoms with Gasteiger partial charge in [0, 0.05) is 37.2 Å². The molecule has 0 spiro atoms. The number of aryl methyl sites for hydroxylation is 2. The van der Waals surface area contributed by atoms with Crippen LogP contribution in [0.1, 0.15) is 75.5 Å². The van der Waals surface area contributed by atoms with Gasteiger partial charge < -0.3 is 14.4 Å². The fourth-order valence-corrected chi connectivity index (χ4v) is 8.32. The maximum absolute atomic E-state index is 13.7. The average Bonchev–Trinajstić information content (AvgIpc) is 2.96. The van der Waals surface area contributed by atoms with Crippen molar-refractivity contribution in [3.05, 3.63) is 65.2 Å². The first kappa shape index (κ1) is 33.4. The Hall–Kier alpha value is -3.01. The van der Waals surface area contributed by atoms with E-state index in [1.54, 1.807) is 13.2 Å². The second-order valence-corrected chi connectivity index (χ2v) is 15.7. The number of nitrogens with one attached hydrogen (secondary N) is 1. The van der Waals surface area contributed by atoms with Crippen molar-refractivity contribution in [2.24, 2.45) is 17.3 Å². The molecule has 3 aromatic rings. The minimum atomic E-state index is -3.94. The molecule has 2 atom stereocenters. The fourth-order valence-electron chi connectivity index (χ4n) is 7.32. The van der Waals surface area contributed by atoms with Crippen LogP contribution in [0.2, 0.25) is 0 Å². The molecular weight excluding hydrogens is 584 g/mol. The number of aromatic nitrogens is 2. The Kier molecular flexibility index (Phi) is 10.2. The molecule has 2 aromatic carbocycles. The molecule has 4 bridgehead atoms. The van der Waals surface area contributed by atoms with Crippen LogP contribution >= 0.6 is 0 Å². The molecule has 1 aromatic heterocycles. The number of methoxy groups -OCH3 is 1. The maximum Gasteiger partial charge on any atom is 0.264 e. The summed E-state index contributed by atoms with van der Waals surface area (Å²) in [6.45, 7) is 13.1. The summed E-state index contributed by atoms with van der Waals surface area (Å²) < 4.78 is 41.9. The highest BCUT2D eigenvalue weighted by atomic mass is 32.2. The largest absolute Gasteiger partial charge is 0.477 e. The van der Waals surface area contributed by atoms with E-state index in [1.807, 2.05) is 50.2 Å². The number of hydrogen-bond donors (Lipinski definition) is 1. The molecule has 1 unspecified atom stereocenters. The Labute approximate surface area is 270 Å². The van der Waals surface area contributed by atoms with Crippen LogP contribution in [0.4, 0.5) is 5.95 Å². The lowest BCUT2D eigenvalue weighted by Crippen LogP contribution is -2.49. The summed E-state index contributed by atoms with van der Waals surface area (Å²) in [5.41, 5.74) is 5.00. The summed E-state index contributed by atoms with van der Waals surface area (Å²) in [5, 5.41) is 0. The van der Waals surface area contributed by atoms with Crippen LogP contribution in [0.5, 0.6) is 5.88 Å². The predicted octanol–water partition coefficient (Wildman–Crippen LogP) is 7.23. The first-order chi connectivity index (χ1) is 21.4. The van der Waals surface area contributed by atoms with Crippen molar-refractivity contribution in [2.45, 2.75) is 83.6 Å². The van der Waals surface area contributed by atoms with Gasteiger partial charge in [0.1, 0.15) is 0 Å². The van der Waals surface area contributed by atoms with Gasteiger partial charge >= 0.3 is 0 Å². The number of ether oxygens (including phenoxy) is 2. The van der Waals surface area contributed by atoms with E-state index in [-0.39, 0.29) is 28.1 Å². The Balaban J connectivity index is 1.48. The molecule has 5 rings (SSSR count). The summed E-state index contributed by atoms with van der Waals surface area (Å²) in [5.74, 6) is 1.16. The highest BCUT2D eigenvalue weighted by molar-refractivity contribution is 7.92. The highest BCUT2D eigenvalue weighted by Crippen LogP contribution is 2.49. The standard InChI is InChI=1S/C36H50N4O4S/c1-24(2)18-28-23-44-33-20-32(34-25(3)10-8-11-26(34)4)37-35(38-33)39-45(41,42)30-13-9-12-27(19-30)31(28)14-15-36(5)21-29(22-36)40(6)16-17-43-7/h8-13,19-20,24,28-29,31H,14-18,21-23H2,1-7H3,(H,37,38,39)/t28-,29?,31?,36?/m1/s1. The van der Waals surface area contributed by atoms with E-state index < -0.39 is 10.0 Å². The number of rotatable bonds is 10. The van der Waals surface area contributed by atoms with Gasteiger partial charge in [0.25, 0.3) is 10.0 Å². The number of sulfonamides is 1. The van der Waals surface area contributed by atoms with Crippen LogP contribution < -0.4 is 9.46 Å². The van der Waals surface area contributed by atoms with Gasteiger partial charge in [-0.2, -0.15) is 4.98 Å². The van der Waals surface area contributed by atoms with Gasteiger partial charge in [0.15, 0.2) is 0 Å². The van der Waals surface area contributed by atoms with Gasteiger partial charge in [-0.15, -0.1) is 0 Å². The summed E-state index contributed by atoms with van der Waals surface area (Å²) >= 11 is 0. The molecule has 1 aliphatic heterocycles. The number of hydrogen-bond acceptors (Lipinski definition) is 7. The summed E-state index contributed by atoms with van der Waals surface area (Å²) in [6.07, 6.45) is 5.32. The Morgan fingerprint density at radius 2 is 1.80 bits per heavy atom. The molecule has 9 heteroatoms. The fraction of sp³-hybridized carbons (Fsp3) is 0.556. The monoisotopic (exact) mass is 634 g/mol. The first-order valence-corrected chi connectivity index (χ1v) is 17.8. The van der Waals surface area contributed by atoms with Crippen LogP contribution in [0.3, 0.4) is 0 Å². The maximum atomic E-state index is 13.7. The third-order valence-corrected chi connectivity index (χ3v) is 11.2. The Bertz CT molecular complexity index is 1570. The van der Waals surface area contributed by atoms with Gasteiger partial charge in [0.2, 0.25) is 11.8 Å². The molecule has 1 N–H and O–H groups in total. The van der Waals surface area contributed by atoms with Crippen molar-refractivity contribution in [1.29, 1.82) is 0 Å². The summed E-state index contributed by atoms with van der Waals surface area (Å²) in [6, 6.07) is 16.0. The van der Waals surface area contributed by atoms with Gasteiger partial charge in [-0.05, 0) is 99.1 Å². The lowest BCUT2D eigenvalue weighted by Gasteiger charge is -2.50. The van der Waals surface area contributed by atoms with E-state index in [0.29, 0.717) is 30.1 Å². The minimum Gasteiger partial charge on any atom is -0.477 e. The number of anilines is 1. The molecule has 244 valence electrons. The van der Waals surface area contributed by atoms with E-state index >= 15 is 0 Å². The number of nitrogens with zero attached hydrogens (tertiary/aromatic N) is 3. The van der Waals surface area contributed by atoms with Gasteiger partial charge in [-0.1, -0.05) is 51.1 Å². The Morgan fingerprint density at radius 3 is 2.49 bits per heavy atom. The first-order valence-electron chi connectivity index (χ1n) is 16.3. The van der Waals surface area contributed by atoms with E-state index in [0.717, 1.165) is 67.5 Å². The van der Waals surface area contributed by atoms with Crippen LogP contribution in [-0.2, 0) is 14.8 Å². The van der Waals surface area contributed by atoms with E-state index in [1.165, 1.54) is 0 Å². The molecule has 0 saturated heterocycles. The highest BCUT2D eigenvalue weighted by Gasteiger charge is 2.42. The zero-order valence-electron chi connectivity index (χ0n) is 28.0. The van der Waals surface area contributed by atoms with E-state index in [2.05, 4.69) is 53.5 Å². The molecule has 2 aliphatic rings. The lowest BCUT2D eigenvalue weighted by molar-refractivity contribution is 0.00614. The quantitative estimate of drug-likeness (QED) is 0.252. The topological polar surface area (TPSA) is 93.7 Å². The molecule has 0 radical (unpaired) electrons. The molecule has 2 heterocycles. The van der Waals surface area contributed by atoms with Crippen molar-refractivity contribution in [2.75, 3.05) is 38.6 Å². The molecular formula is C36H50N4O4S. The molecule has 45 heavy (non-hydrogen) atoms. The molecule has 0 amide bonds. The van der Waals surface area contributed by atoms with Crippen LogP contribution in [0.15, 0.2) is 53.4 Å². The molecule has 1 fully saturated rings. The molecule has 1 saturated carbocycles. The van der Waals surface area contributed by atoms with Gasteiger partial charge in [-0.25, -0.2) is 18.1 Å². The zero-order valence-corrected chi connectivity index (χ0v) is 28.8.